The molecule has 0 aliphatic carbocycles. The molecule has 0 spiro atoms. The first-order valence-electron chi connectivity index (χ1n) is 11.0. The van der Waals surface area contributed by atoms with Gasteiger partial charge in [-0.25, -0.2) is 8.42 Å². The van der Waals surface area contributed by atoms with Gasteiger partial charge in [0.25, 0.3) is 15.9 Å². The lowest BCUT2D eigenvalue weighted by molar-refractivity contribution is -0.274. The van der Waals surface area contributed by atoms with Crippen LogP contribution in [-0.2, 0) is 10.0 Å². The Morgan fingerprint density at radius 2 is 1.67 bits per heavy atom. The highest BCUT2D eigenvalue weighted by Gasteiger charge is 2.31. The second kappa shape index (κ2) is 9.94. The summed E-state index contributed by atoms with van der Waals surface area (Å²) in [6.45, 7) is 2.40. The van der Waals surface area contributed by atoms with Gasteiger partial charge in [-0.15, -0.1) is 13.2 Å². The number of amides is 1. The summed E-state index contributed by atoms with van der Waals surface area (Å²) in [5.41, 5.74) is 2.23. The van der Waals surface area contributed by atoms with E-state index >= 15 is 0 Å². The molecule has 4 aromatic rings. The van der Waals surface area contributed by atoms with Crippen LogP contribution in [0.15, 0.2) is 77.7 Å². The van der Waals surface area contributed by atoms with E-state index in [1.54, 1.807) is 12.1 Å². The van der Waals surface area contributed by atoms with Crippen molar-refractivity contribution < 1.29 is 31.1 Å². The Labute approximate surface area is 205 Å². The molecule has 1 aromatic heterocycles. The fourth-order valence-corrected chi connectivity index (χ4v) is 4.80. The van der Waals surface area contributed by atoms with E-state index in [4.69, 9.17) is 0 Å². The predicted molar refractivity (Wildman–Crippen MR) is 130 cm³/mol. The van der Waals surface area contributed by atoms with Crippen LogP contribution in [0.1, 0.15) is 23.8 Å². The Morgan fingerprint density at radius 1 is 0.972 bits per heavy atom. The van der Waals surface area contributed by atoms with E-state index in [0.717, 1.165) is 36.2 Å². The summed E-state index contributed by atoms with van der Waals surface area (Å²) in [7, 11) is -4.18. The summed E-state index contributed by atoms with van der Waals surface area (Å²) in [6.07, 6.45) is -4.15. The number of aromatic nitrogens is 1. The van der Waals surface area contributed by atoms with Crippen molar-refractivity contribution in [2.75, 3.05) is 11.3 Å². The van der Waals surface area contributed by atoms with Crippen molar-refractivity contribution >= 4 is 32.5 Å². The summed E-state index contributed by atoms with van der Waals surface area (Å²) < 4.78 is 69.5. The molecule has 4 rings (SSSR count). The summed E-state index contributed by atoms with van der Waals surface area (Å²) in [5.74, 6) is -0.871. The number of alkyl halides is 3. The number of nitrogens with one attached hydrogen (secondary N) is 3. The van der Waals surface area contributed by atoms with Crippen LogP contribution in [0.3, 0.4) is 0 Å². The second-order valence-electron chi connectivity index (χ2n) is 7.85. The number of benzene rings is 3. The number of ether oxygens (including phenoxy) is 1. The fraction of sp³-hybridized carbons (Fsp3) is 0.160. The first kappa shape index (κ1) is 25.1. The van der Waals surface area contributed by atoms with Crippen molar-refractivity contribution in [1.29, 1.82) is 0 Å². The fourth-order valence-electron chi connectivity index (χ4n) is 3.73. The molecule has 1 amide bonds. The van der Waals surface area contributed by atoms with Crippen molar-refractivity contribution in [3.63, 3.8) is 0 Å². The van der Waals surface area contributed by atoms with Crippen molar-refractivity contribution in [2.24, 2.45) is 0 Å². The molecule has 3 aromatic carbocycles. The average molecular weight is 518 g/mol. The van der Waals surface area contributed by atoms with E-state index in [0.29, 0.717) is 23.0 Å². The van der Waals surface area contributed by atoms with Gasteiger partial charge in [0, 0.05) is 17.5 Å². The van der Waals surface area contributed by atoms with Crippen LogP contribution in [0.25, 0.3) is 22.0 Å². The Kier molecular flexibility index (Phi) is 6.93. The lowest BCUT2D eigenvalue weighted by Crippen LogP contribution is -2.24. The number of halogens is 3. The molecule has 0 bridgehead atoms. The van der Waals surface area contributed by atoms with Crippen molar-refractivity contribution in [2.45, 2.75) is 24.6 Å². The van der Waals surface area contributed by atoms with Crippen LogP contribution in [0, 0.1) is 0 Å². The minimum Gasteiger partial charge on any atom is -0.406 e. The standard InChI is InChI=1S/C25H22F3N3O4S/c1-2-15-29-24(32)23-21(16-7-4-3-5-8-16)19-9-6-10-20(22(19)30-23)31-36(33,34)18-13-11-17(12-14-18)35-25(26,27)28/h3-14,30-31H,2,15H2,1H3,(H,29,32). The summed E-state index contributed by atoms with van der Waals surface area (Å²) in [4.78, 5) is 15.7. The van der Waals surface area contributed by atoms with Gasteiger partial charge in [0.15, 0.2) is 0 Å². The van der Waals surface area contributed by atoms with E-state index in [1.807, 2.05) is 37.3 Å². The number of aromatic amines is 1. The van der Waals surface area contributed by atoms with Crippen LogP contribution in [0.4, 0.5) is 18.9 Å². The highest BCUT2D eigenvalue weighted by Crippen LogP contribution is 2.36. The van der Waals surface area contributed by atoms with Gasteiger partial charge in [-0.1, -0.05) is 49.4 Å². The first-order chi connectivity index (χ1) is 17.1. The third kappa shape index (κ3) is 5.46. The van der Waals surface area contributed by atoms with Crippen LogP contribution in [0.2, 0.25) is 0 Å². The number of H-pyrrole nitrogens is 1. The molecule has 0 saturated heterocycles. The number of fused-ring (bicyclic) bond motifs is 1. The number of anilines is 1. The number of hydrogen-bond acceptors (Lipinski definition) is 4. The van der Waals surface area contributed by atoms with Gasteiger partial charge in [0.1, 0.15) is 11.4 Å². The zero-order valence-electron chi connectivity index (χ0n) is 19.0. The number of sulfonamides is 1. The molecule has 0 unspecified atom stereocenters. The molecule has 3 N–H and O–H groups in total. The van der Waals surface area contributed by atoms with Crippen molar-refractivity contribution in [3.8, 4) is 16.9 Å². The molecule has 0 saturated carbocycles. The monoisotopic (exact) mass is 517 g/mol. The van der Waals surface area contributed by atoms with E-state index in [1.165, 1.54) is 6.07 Å². The first-order valence-corrected chi connectivity index (χ1v) is 12.4. The normalized spacial score (nSPS) is 11.9. The largest absolute Gasteiger partial charge is 0.573 e. The molecular formula is C25H22F3N3O4S. The Morgan fingerprint density at radius 3 is 2.31 bits per heavy atom. The van der Waals surface area contributed by atoms with Gasteiger partial charge in [0.05, 0.1) is 16.1 Å². The maximum atomic E-state index is 13.0. The number of carbonyl (C=O) groups excluding carboxylic acids is 1. The number of rotatable bonds is 8. The summed E-state index contributed by atoms with van der Waals surface area (Å²) >= 11 is 0. The zero-order valence-corrected chi connectivity index (χ0v) is 19.8. The highest BCUT2D eigenvalue weighted by atomic mass is 32.2. The smallest absolute Gasteiger partial charge is 0.406 e. The molecule has 0 fully saturated rings. The SMILES string of the molecule is CCCNC(=O)c1[nH]c2c(NS(=O)(=O)c3ccc(OC(F)(F)F)cc3)cccc2c1-c1ccccc1. The van der Waals surface area contributed by atoms with E-state index < -0.39 is 22.1 Å². The van der Waals surface area contributed by atoms with E-state index in [9.17, 15) is 26.4 Å². The maximum absolute atomic E-state index is 13.0. The van der Waals surface area contributed by atoms with Crippen LogP contribution < -0.4 is 14.8 Å². The molecule has 36 heavy (non-hydrogen) atoms. The number of hydrogen-bond donors (Lipinski definition) is 3. The molecule has 0 atom stereocenters. The van der Waals surface area contributed by atoms with Crippen LogP contribution in [0.5, 0.6) is 5.75 Å². The highest BCUT2D eigenvalue weighted by molar-refractivity contribution is 7.92. The van der Waals surface area contributed by atoms with Gasteiger partial charge in [0.2, 0.25) is 0 Å². The maximum Gasteiger partial charge on any atom is 0.573 e. The molecule has 1 heterocycles. The van der Waals surface area contributed by atoms with Gasteiger partial charge in [-0.05, 0) is 42.3 Å². The third-order valence-electron chi connectivity index (χ3n) is 5.27. The Hall–Kier alpha value is -3.99. The predicted octanol–water partition coefficient (Wildman–Crippen LogP) is 5.67. The average Bonchev–Trinajstić information content (AvgIpc) is 3.23. The van der Waals surface area contributed by atoms with Crippen molar-refractivity contribution in [3.05, 3.63) is 78.5 Å². The quantitative estimate of drug-likeness (QED) is 0.280. The number of para-hydroxylation sites is 1. The summed E-state index contributed by atoms with van der Waals surface area (Å²) in [5, 5.41) is 3.46. The minimum absolute atomic E-state index is 0.176. The van der Waals surface area contributed by atoms with E-state index in [2.05, 4.69) is 19.8 Å². The van der Waals surface area contributed by atoms with Crippen LogP contribution >= 0.6 is 0 Å². The third-order valence-corrected chi connectivity index (χ3v) is 6.65. The molecule has 11 heteroatoms. The second-order valence-corrected chi connectivity index (χ2v) is 9.53. The molecule has 0 radical (unpaired) electrons. The lowest BCUT2D eigenvalue weighted by Gasteiger charge is -2.11. The minimum atomic E-state index is -4.89. The zero-order chi connectivity index (χ0) is 25.9. The molecule has 0 aliphatic rings. The molecule has 0 aliphatic heterocycles. The lowest BCUT2D eigenvalue weighted by atomic mass is 10.0. The molecule has 7 nitrogen and oxygen atoms in total. The van der Waals surface area contributed by atoms with Crippen molar-refractivity contribution in [1.82, 2.24) is 10.3 Å². The molecule has 188 valence electrons. The topological polar surface area (TPSA) is 100 Å². The Bertz CT molecular complexity index is 1480. The van der Waals surface area contributed by atoms with Gasteiger partial charge in [-0.3, -0.25) is 9.52 Å². The number of carbonyl (C=O) groups is 1. The molecular weight excluding hydrogens is 495 g/mol. The van der Waals surface area contributed by atoms with Gasteiger partial charge < -0.3 is 15.0 Å². The summed E-state index contributed by atoms with van der Waals surface area (Å²) in [6, 6.07) is 18.0. The van der Waals surface area contributed by atoms with Crippen LogP contribution in [-0.4, -0.2) is 32.2 Å². The van der Waals surface area contributed by atoms with Gasteiger partial charge >= 0.3 is 6.36 Å². The van der Waals surface area contributed by atoms with Gasteiger partial charge in [-0.2, -0.15) is 0 Å². The Balaban J connectivity index is 1.75. The van der Waals surface area contributed by atoms with E-state index in [-0.39, 0.29) is 22.2 Å².